The number of amides is 1. The fraction of sp³-hybridized carbons (Fsp3) is 0.182. The van der Waals surface area contributed by atoms with Gasteiger partial charge in [0.2, 0.25) is 10.9 Å². The van der Waals surface area contributed by atoms with Gasteiger partial charge in [-0.15, -0.1) is 10.2 Å². The van der Waals surface area contributed by atoms with E-state index in [0.29, 0.717) is 27.0 Å². The van der Waals surface area contributed by atoms with Gasteiger partial charge in [-0.25, -0.2) is 0 Å². The third-order valence-electron chi connectivity index (χ3n) is 5.36. The number of nitrogens with zero attached hydrogens (tertiary/aromatic N) is 4. The zero-order valence-corrected chi connectivity index (χ0v) is 19.6. The van der Waals surface area contributed by atoms with Crippen molar-refractivity contribution in [1.82, 2.24) is 10.2 Å². The van der Waals surface area contributed by atoms with Gasteiger partial charge in [-0.3, -0.25) is 24.6 Å². The van der Waals surface area contributed by atoms with Crippen molar-refractivity contribution in [2.75, 3.05) is 4.90 Å². The van der Waals surface area contributed by atoms with Crippen LogP contribution in [0.2, 0.25) is 0 Å². The molecule has 0 fully saturated rings. The van der Waals surface area contributed by atoms with Crippen LogP contribution in [0.5, 0.6) is 0 Å². The number of carbonyl (C=O) groups excluding carboxylic acids is 1. The fourth-order valence-corrected chi connectivity index (χ4v) is 5.25. The van der Waals surface area contributed by atoms with E-state index < -0.39 is 16.9 Å². The van der Waals surface area contributed by atoms with Crippen LogP contribution in [0.15, 0.2) is 56.1 Å². The summed E-state index contributed by atoms with van der Waals surface area (Å²) in [6.07, 6.45) is 1.56. The summed E-state index contributed by atoms with van der Waals surface area (Å²) < 4.78 is 6.58. The van der Waals surface area contributed by atoms with Gasteiger partial charge in [-0.05, 0) is 30.2 Å². The van der Waals surface area contributed by atoms with Crippen LogP contribution < -0.4 is 10.3 Å². The molecule has 0 saturated carbocycles. The number of anilines is 1. The molecular weight excluding hydrogens is 512 g/mol. The van der Waals surface area contributed by atoms with Gasteiger partial charge in [0, 0.05) is 23.0 Å². The first-order valence-corrected chi connectivity index (χ1v) is 11.7. The number of nitro benzene ring substituents is 1. The Morgan fingerprint density at radius 2 is 2.03 bits per heavy atom. The highest BCUT2D eigenvalue weighted by molar-refractivity contribution is 9.10. The number of halogens is 1. The number of rotatable bonds is 5. The molecule has 5 rings (SSSR count). The fourth-order valence-electron chi connectivity index (χ4n) is 3.92. The SMILES string of the molecule is CCCc1nnc(N2C(=O)c3oc4ccc(Br)cc4c(=O)c3C2c2cccc([N+](=O)[O-])c2)s1. The number of non-ortho nitro benzene ring substituents is 1. The summed E-state index contributed by atoms with van der Waals surface area (Å²) in [5, 5.41) is 21.1. The van der Waals surface area contributed by atoms with E-state index in [1.807, 2.05) is 6.92 Å². The first-order valence-electron chi connectivity index (χ1n) is 10.1. The summed E-state index contributed by atoms with van der Waals surface area (Å²) in [5.74, 6) is -0.638. The number of aryl methyl sites for hydroxylation is 1. The molecule has 0 spiro atoms. The number of benzene rings is 2. The second-order valence-corrected chi connectivity index (χ2v) is 9.43. The summed E-state index contributed by atoms with van der Waals surface area (Å²) in [6, 6.07) is 9.91. The Morgan fingerprint density at radius 3 is 2.79 bits per heavy atom. The second kappa shape index (κ2) is 8.16. The molecule has 3 heterocycles. The van der Waals surface area contributed by atoms with Crippen molar-refractivity contribution in [2.24, 2.45) is 0 Å². The summed E-state index contributed by atoms with van der Waals surface area (Å²) >= 11 is 4.61. The van der Waals surface area contributed by atoms with Crippen LogP contribution in [-0.2, 0) is 6.42 Å². The topological polar surface area (TPSA) is 119 Å². The predicted octanol–water partition coefficient (Wildman–Crippen LogP) is 5.02. The molecule has 166 valence electrons. The lowest BCUT2D eigenvalue weighted by molar-refractivity contribution is -0.384. The maximum atomic E-state index is 13.6. The highest BCUT2D eigenvalue weighted by atomic mass is 79.9. The van der Waals surface area contributed by atoms with Crippen molar-refractivity contribution in [3.05, 3.63) is 89.2 Å². The Bertz CT molecular complexity index is 1500. The van der Waals surface area contributed by atoms with E-state index in [1.54, 1.807) is 24.3 Å². The number of hydrogen-bond acceptors (Lipinski definition) is 8. The van der Waals surface area contributed by atoms with Crippen molar-refractivity contribution in [2.45, 2.75) is 25.8 Å². The highest BCUT2D eigenvalue weighted by Gasteiger charge is 2.45. The minimum absolute atomic E-state index is 0.0985. The molecule has 33 heavy (non-hydrogen) atoms. The molecule has 0 radical (unpaired) electrons. The highest BCUT2D eigenvalue weighted by Crippen LogP contribution is 2.42. The minimum atomic E-state index is -0.936. The van der Waals surface area contributed by atoms with Crippen molar-refractivity contribution in [1.29, 1.82) is 0 Å². The van der Waals surface area contributed by atoms with Crippen molar-refractivity contribution >= 4 is 55.0 Å². The van der Waals surface area contributed by atoms with Crippen molar-refractivity contribution in [3.63, 3.8) is 0 Å². The monoisotopic (exact) mass is 526 g/mol. The Balaban J connectivity index is 1.78. The molecule has 1 unspecified atom stereocenters. The predicted molar refractivity (Wildman–Crippen MR) is 126 cm³/mol. The van der Waals surface area contributed by atoms with Crippen LogP contribution in [0.25, 0.3) is 11.0 Å². The molecule has 0 aliphatic carbocycles. The molecule has 9 nitrogen and oxygen atoms in total. The Kier molecular flexibility index (Phi) is 5.29. The molecule has 2 aromatic carbocycles. The molecule has 4 aromatic rings. The Labute approximate surface area is 199 Å². The quantitative estimate of drug-likeness (QED) is 0.264. The molecule has 1 aliphatic rings. The molecule has 0 bridgehead atoms. The van der Waals surface area contributed by atoms with Crippen molar-refractivity contribution in [3.8, 4) is 0 Å². The van der Waals surface area contributed by atoms with E-state index in [4.69, 9.17) is 4.42 Å². The second-order valence-electron chi connectivity index (χ2n) is 7.47. The average Bonchev–Trinajstić information content (AvgIpc) is 3.37. The lowest BCUT2D eigenvalue weighted by Gasteiger charge is -2.21. The van der Waals surface area contributed by atoms with E-state index in [9.17, 15) is 19.7 Å². The minimum Gasteiger partial charge on any atom is -0.450 e. The summed E-state index contributed by atoms with van der Waals surface area (Å²) in [7, 11) is 0. The molecule has 11 heteroatoms. The molecule has 1 amide bonds. The Hall–Kier alpha value is -3.44. The zero-order chi connectivity index (χ0) is 23.3. The molecule has 1 aliphatic heterocycles. The van der Waals surface area contributed by atoms with Gasteiger partial charge in [-0.1, -0.05) is 46.3 Å². The van der Waals surface area contributed by atoms with E-state index in [1.165, 1.54) is 34.4 Å². The summed E-state index contributed by atoms with van der Waals surface area (Å²) in [6.45, 7) is 2.01. The van der Waals surface area contributed by atoms with Crippen LogP contribution in [0.1, 0.15) is 46.1 Å². The van der Waals surface area contributed by atoms with Crippen LogP contribution in [0.3, 0.4) is 0 Å². The summed E-state index contributed by atoms with van der Waals surface area (Å²) in [4.78, 5) is 39.3. The van der Waals surface area contributed by atoms with Gasteiger partial charge in [0.1, 0.15) is 10.6 Å². The van der Waals surface area contributed by atoms with Gasteiger partial charge < -0.3 is 4.42 Å². The van der Waals surface area contributed by atoms with Gasteiger partial charge in [0.15, 0.2) is 5.43 Å². The average molecular weight is 527 g/mol. The van der Waals surface area contributed by atoms with Crippen LogP contribution in [-0.4, -0.2) is 21.0 Å². The molecular formula is C22H15BrN4O5S. The van der Waals surface area contributed by atoms with E-state index in [2.05, 4.69) is 26.1 Å². The van der Waals surface area contributed by atoms with Gasteiger partial charge in [0.05, 0.1) is 21.9 Å². The standard InChI is InChI=1S/C22H15BrN4O5S/c1-2-4-16-24-25-22(33-16)26-18(11-5-3-6-13(9-11)27(30)31)17-19(28)14-10-12(23)7-8-15(14)32-20(17)21(26)29/h3,5-10,18H,2,4H2,1H3. The zero-order valence-electron chi connectivity index (χ0n) is 17.1. The molecule has 1 atom stereocenters. The molecule has 0 saturated heterocycles. The van der Waals surface area contributed by atoms with Gasteiger partial charge >= 0.3 is 0 Å². The van der Waals surface area contributed by atoms with Gasteiger partial charge in [-0.2, -0.15) is 0 Å². The number of fused-ring (bicyclic) bond motifs is 2. The van der Waals surface area contributed by atoms with E-state index >= 15 is 0 Å². The van der Waals surface area contributed by atoms with Crippen LogP contribution >= 0.6 is 27.3 Å². The van der Waals surface area contributed by atoms with Crippen LogP contribution in [0.4, 0.5) is 10.8 Å². The maximum absolute atomic E-state index is 13.6. The molecule has 2 aromatic heterocycles. The van der Waals surface area contributed by atoms with Gasteiger partial charge in [0.25, 0.3) is 11.6 Å². The van der Waals surface area contributed by atoms with Crippen molar-refractivity contribution < 1.29 is 14.1 Å². The lowest BCUT2D eigenvalue weighted by atomic mass is 9.98. The third-order valence-corrected chi connectivity index (χ3v) is 6.83. The largest absolute Gasteiger partial charge is 0.450 e. The molecule has 0 N–H and O–H groups in total. The first-order chi connectivity index (χ1) is 15.9. The lowest BCUT2D eigenvalue weighted by Crippen LogP contribution is -2.29. The first kappa shape index (κ1) is 21.4. The maximum Gasteiger partial charge on any atom is 0.297 e. The third kappa shape index (κ3) is 3.53. The number of carbonyl (C=O) groups is 1. The number of aromatic nitrogens is 2. The van der Waals surface area contributed by atoms with E-state index in [0.717, 1.165) is 11.4 Å². The normalized spacial score (nSPS) is 15.3. The Morgan fingerprint density at radius 1 is 1.21 bits per heavy atom. The smallest absolute Gasteiger partial charge is 0.297 e. The van der Waals surface area contributed by atoms with E-state index in [-0.39, 0.29) is 28.0 Å². The summed E-state index contributed by atoms with van der Waals surface area (Å²) in [5.41, 5.74) is 0.283. The van der Waals surface area contributed by atoms with Crippen LogP contribution in [0, 0.1) is 10.1 Å². The number of hydrogen-bond donors (Lipinski definition) is 0. The number of nitro groups is 1.